The normalized spacial score (nSPS) is 18.7. The van der Waals surface area contributed by atoms with Gasteiger partial charge < -0.3 is 5.32 Å². The second kappa shape index (κ2) is 4.86. The van der Waals surface area contributed by atoms with Gasteiger partial charge in [-0.05, 0) is 29.3 Å². The van der Waals surface area contributed by atoms with E-state index in [1.807, 2.05) is 36.4 Å². The summed E-state index contributed by atoms with van der Waals surface area (Å²) in [5.74, 6) is -0.304. The monoisotopic (exact) mass is 336 g/mol. The lowest BCUT2D eigenvalue weighted by Crippen LogP contribution is -2.29. The quantitative estimate of drug-likeness (QED) is 0.883. The number of fused-ring (bicyclic) bond motifs is 1. The maximum Gasteiger partial charge on any atom is 0.288 e. The topological polar surface area (TPSA) is 58.2 Å². The molecule has 0 aliphatic carbocycles. The van der Waals surface area contributed by atoms with E-state index in [-0.39, 0.29) is 11.1 Å². The third kappa shape index (κ3) is 2.33. The van der Waals surface area contributed by atoms with Crippen LogP contribution in [0.4, 0.5) is 10.5 Å². The molecule has 2 N–H and O–H groups in total. The second-order valence-corrected chi connectivity index (χ2v) is 5.99. The van der Waals surface area contributed by atoms with Gasteiger partial charge in [-0.15, -0.1) is 0 Å². The zero-order chi connectivity index (χ0) is 13.4. The van der Waals surface area contributed by atoms with Crippen LogP contribution in [-0.2, 0) is 4.79 Å². The molecule has 0 bridgehead atoms. The number of nitrogens with one attached hydrogen (secondary N) is 2. The molecule has 1 unspecified atom stereocenters. The predicted octanol–water partition coefficient (Wildman–Crippen LogP) is 3.32. The van der Waals surface area contributed by atoms with Crippen LogP contribution in [0.5, 0.6) is 0 Å². The van der Waals surface area contributed by atoms with Crippen molar-refractivity contribution in [3.8, 4) is 0 Å². The zero-order valence-corrected chi connectivity index (χ0v) is 12.0. The highest BCUT2D eigenvalue weighted by Gasteiger charge is 2.31. The van der Waals surface area contributed by atoms with E-state index in [0.717, 1.165) is 32.7 Å². The highest BCUT2D eigenvalue weighted by atomic mass is 79.9. The Kier molecular flexibility index (Phi) is 3.20. The average Bonchev–Trinajstić information content (AvgIpc) is 2.72. The zero-order valence-electron chi connectivity index (χ0n) is 9.64. The Morgan fingerprint density at radius 3 is 2.53 bits per heavy atom. The number of carbonyl (C=O) groups excluding carboxylic acids is 2. The van der Waals surface area contributed by atoms with Gasteiger partial charge in [0.25, 0.3) is 11.1 Å². The SMILES string of the molecule is O=C1NC(=O)C(Nc2ccc(Br)c3ccccc23)S1. The minimum Gasteiger partial charge on any atom is -0.365 e. The number of anilines is 1. The Morgan fingerprint density at radius 2 is 1.84 bits per heavy atom. The number of hydrogen-bond donors (Lipinski definition) is 2. The number of imide groups is 1. The maximum absolute atomic E-state index is 11.6. The first kappa shape index (κ1) is 12.5. The standard InChI is InChI=1S/C13H9BrN2O2S/c14-9-5-6-10(8-4-2-1-3-7(8)9)15-12-11(17)16-13(18)19-12/h1-6,12,15H,(H,16,17,18). The van der Waals surface area contributed by atoms with E-state index >= 15 is 0 Å². The van der Waals surface area contributed by atoms with Gasteiger partial charge in [-0.2, -0.15) is 0 Å². The molecule has 1 heterocycles. The third-order valence-corrected chi connectivity index (χ3v) is 4.42. The number of halogens is 1. The molecule has 0 saturated carbocycles. The second-order valence-electron chi connectivity index (χ2n) is 4.06. The van der Waals surface area contributed by atoms with Gasteiger partial charge in [0, 0.05) is 15.5 Å². The largest absolute Gasteiger partial charge is 0.365 e. The van der Waals surface area contributed by atoms with Gasteiger partial charge in [0.15, 0.2) is 5.37 Å². The number of amides is 2. The first-order valence-electron chi connectivity index (χ1n) is 5.60. The molecule has 0 aromatic heterocycles. The van der Waals surface area contributed by atoms with Crippen LogP contribution in [0.25, 0.3) is 10.8 Å². The number of carbonyl (C=O) groups is 2. The van der Waals surface area contributed by atoms with Crippen molar-refractivity contribution >= 4 is 55.3 Å². The Hall–Kier alpha value is -1.53. The lowest BCUT2D eigenvalue weighted by atomic mass is 10.1. The molecule has 4 nitrogen and oxygen atoms in total. The van der Waals surface area contributed by atoms with Crippen LogP contribution in [-0.4, -0.2) is 16.5 Å². The highest BCUT2D eigenvalue weighted by Crippen LogP contribution is 2.32. The van der Waals surface area contributed by atoms with E-state index < -0.39 is 5.37 Å². The van der Waals surface area contributed by atoms with Gasteiger partial charge in [-0.1, -0.05) is 40.2 Å². The van der Waals surface area contributed by atoms with Crippen molar-refractivity contribution in [2.75, 3.05) is 5.32 Å². The first-order chi connectivity index (χ1) is 9.15. The molecule has 2 aromatic carbocycles. The van der Waals surface area contributed by atoms with Crippen molar-refractivity contribution < 1.29 is 9.59 Å². The fourth-order valence-corrected chi connectivity index (χ4v) is 3.18. The maximum atomic E-state index is 11.6. The van der Waals surface area contributed by atoms with Crippen LogP contribution in [0.3, 0.4) is 0 Å². The van der Waals surface area contributed by atoms with E-state index in [1.165, 1.54) is 0 Å². The molecule has 1 saturated heterocycles. The minimum absolute atomic E-state index is 0.304. The number of hydrogen-bond acceptors (Lipinski definition) is 4. The Balaban J connectivity index is 2.00. The summed E-state index contributed by atoms with van der Waals surface area (Å²) in [6, 6.07) is 11.7. The molecule has 0 radical (unpaired) electrons. The number of benzene rings is 2. The summed E-state index contributed by atoms with van der Waals surface area (Å²) >= 11 is 4.46. The fourth-order valence-electron chi connectivity index (χ4n) is 1.98. The summed E-state index contributed by atoms with van der Waals surface area (Å²) in [4.78, 5) is 22.7. The van der Waals surface area contributed by atoms with Crippen molar-refractivity contribution in [1.82, 2.24) is 5.32 Å². The predicted molar refractivity (Wildman–Crippen MR) is 80.2 cm³/mol. The molecule has 2 aromatic rings. The van der Waals surface area contributed by atoms with Gasteiger partial charge in [-0.25, -0.2) is 0 Å². The number of rotatable bonds is 2. The molecule has 19 heavy (non-hydrogen) atoms. The van der Waals surface area contributed by atoms with Gasteiger partial charge in [0.05, 0.1) is 0 Å². The fraction of sp³-hybridized carbons (Fsp3) is 0.0769. The molecule has 0 spiro atoms. The summed E-state index contributed by atoms with van der Waals surface area (Å²) < 4.78 is 0.994. The molecular formula is C13H9BrN2O2S. The minimum atomic E-state index is -0.572. The van der Waals surface area contributed by atoms with E-state index in [2.05, 4.69) is 26.6 Å². The van der Waals surface area contributed by atoms with Crippen LogP contribution in [0, 0.1) is 0 Å². The van der Waals surface area contributed by atoms with E-state index in [4.69, 9.17) is 0 Å². The van der Waals surface area contributed by atoms with Crippen molar-refractivity contribution in [1.29, 1.82) is 0 Å². The molecule has 1 atom stereocenters. The summed E-state index contributed by atoms with van der Waals surface area (Å²) in [6.45, 7) is 0. The van der Waals surface area contributed by atoms with Gasteiger partial charge in [-0.3, -0.25) is 14.9 Å². The summed E-state index contributed by atoms with van der Waals surface area (Å²) in [7, 11) is 0. The Morgan fingerprint density at radius 1 is 1.11 bits per heavy atom. The first-order valence-corrected chi connectivity index (χ1v) is 7.28. The molecule has 2 amide bonds. The van der Waals surface area contributed by atoms with Crippen LogP contribution in [0.15, 0.2) is 40.9 Å². The molecular weight excluding hydrogens is 328 g/mol. The van der Waals surface area contributed by atoms with Crippen molar-refractivity contribution in [3.05, 3.63) is 40.9 Å². The van der Waals surface area contributed by atoms with Crippen LogP contribution >= 0.6 is 27.7 Å². The van der Waals surface area contributed by atoms with Crippen molar-refractivity contribution in [3.63, 3.8) is 0 Å². The summed E-state index contributed by atoms with van der Waals surface area (Å²) in [6.07, 6.45) is 0. The summed E-state index contributed by atoms with van der Waals surface area (Å²) in [5.41, 5.74) is 0.834. The lowest BCUT2D eigenvalue weighted by Gasteiger charge is -2.13. The van der Waals surface area contributed by atoms with Crippen molar-refractivity contribution in [2.24, 2.45) is 0 Å². The molecule has 3 rings (SSSR count). The highest BCUT2D eigenvalue weighted by molar-refractivity contribution is 9.10. The lowest BCUT2D eigenvalue weighted by molar-refractivity contribution is -0.118. The Bertz CT molecular complexity index is 689. The van der Waals surface area contributed by atoms with Crippen LogP contribution in [0.2, 0.25) is 0 Å². The molecule has 96 valence electrons. The van der Waals surface area contributed by atoms with Gasteiger partial charge in [0.2, 0.25) is 0 Å². The van der Waals surface area contributed by atoms with E-state index in [9.17, 15) is 9.59 Å². The summed E-state index contributed by atoms with van der Waals surface area (Å²) in [5, 5.41) is 6.53. The Labute approximate surface area is 122 Å². The molecule has 1 fully saturated rings. The van der Waals surface area contributed by atoms with Crippen LogP contribution < -0.4 is 10.6 Å². The van der Waals surface area contributed by atoms with Crippen LogP contribution in [0.1, 0.15) is 0 Å². The number of thioether (sulfide) groups is 1. The van der Waals surface area contributed by atoms with Gasteiger partial charge >= 0.3 is 0 Å². The smallest absolute Gasteiger partial charge is 0.288 e. The molecule has 6 heteroatoms. The van der Waals surface area contributed by atoms with Crippen molar-refractivity contribution in [2.45, 2.75) is 5.37 Å². The average molecular weight is 337 g/mol. The molecule has 1 aliphatic heterocycles. The third-order valence-electron chi connectivity index (χ3n) is 2.85. The van der Waals surface area contributed by atoms with E-state index in [0.29, 0.717) is 0 Å². The van der Waals surface area contributed by atoms with E-state index in [1.54, 1.807) is 0 Å². The molecule has 1 aliphatic rings. The van der Waals surface area contributed by atoms with Gasteiger partial charge in [0.1, 0.15) is 0 Å².